The Balaban J connectivity index is 0.000000929. The SMILES string of the molecule is CC(=O)NCC(=O)NC(CCC(=O)C=N)C(=O)OC(C)(C)C.Cc1cncn1C. The van der Waals surface area contributed by atoms with Crippen LogP contribution in [0.2, 0.25) is 0 Å². The number of ketones is 1. The number of nitrogens with zero attached hydrogens (tertiary/aromatic N) is 2. The summed E-state index contributed by atoms with van der Waals surface area (Å²) in [7, 11) is 1.97. The van der Waals surface area contributed by atoms with Crippen molar-refractivity contribution in [1.29, 1.82) is 5.41 Å². The van der Waals surface area contributed by atoms with E-state index < -0.39 is 29.3 Å². The van der Waals surface area contributed by atoms with Crippen LogP contribution < -0.4 is 10.6 Å². The van der Waals surface area contributed by atoms with Gasteiger partial charge in [0.15, 0.2) is 5.78 Å². The molecule has 0 bridgehead atoms. The molecule has 1 heterocycles. The fourth-order valence-electron chi connectivity index (χ4n) is 1.85. The van der Waals surface area contributed by atoms with E-state index in [1.165, 1.54) is 12.6 Å². The van der Waals surface area contributed by atoms with Crippen LogP contribution in [0.25, 0.3) is 0 Å². The summed E-state index contributed by atoms with van der Waals surface area (Å²) in [5.74, 6) is -2.05. The van der Waals surface area contributed by atoms with Crippen molar-refractivity contribution >= 4 is 29.8 Å². The van der Waals surface area contributed by atoms with Crippen LogP contribution in [0.1, 0.15) is 46.2 Å². The van der Waals surface area contributed by atoms with Gasteiger partial charge >= 0.3 is 5.97 Å². The van der Waals surface area contributed by atoms with Crippen LogP contribution in [0, 0.1) is 12.3 Å². The Morgan fingerprint density at radius 1 is 1.31 bits per heavy atom. The molecule has 0 aliphatic carbocycles. The Bertz CT molecular complexity index is 704. The van der Waals surface area contributed by atoms with Crippen LogP contribution in [0.4, 0.5) is 0 Å². The summed E-state index contributed by atoms with van der Waals surface area (Å²) in [5.41, 5.74) is 0.462. The average Bonchev–Trinajstić information content (AvgIpc) is 2.98. The number of aryl methyl sites for hydroxylation is 2. The molecule has 1 aromatic heterocycles. The van der Waals surface area contributed by atoms with Gasteiger partial charge in [0.25, 0.3) is 0 Å². The van der Waals surface area contributed by atoms with Gasteiger partial charge in [-0.2, -0.15) is 0 Å². The molecule has 1 unspecified atom stereocenters. The molecule has 10 nitrogen and oxygen atoms in total. The number of esters is 1. The first-order valence-electron chi connectivity index (χ1n) is 9.08. The minimum absolute atomic E-state index is 0.0228. The molecule has 0 aliphatic heterocycles. The lowest BCUT2D eigenvalue weighted by atomic mass is 10.1. The van der Waals surface area contributed by atoms with Crippen LogP contribution in [-0.2, 0) is 31.0 Å². The lowest BCUT2D eigenvalue weighted by Gasteiger charge is -2.24. The fourth-order valence-corrected chi connectivity index (χ4v) is 1.85. The Kier molecular flexibility index (Phi) is 11.1. The van der Waals surface area contributed by atoms with E-state index in [1.807, 2.05) is 24.7 Å². The monoisotopic (exact) mass is 409 g/mol. The first-order valence-corrected chi connectivity index (χ1v) is 9.08. The van der Waals surface area contributed by atoms with Gasteiger partial charge < -0.3 is 25.3 Å². The maximum Gasteiger partial charge on any atom is 0.329 e. The number of imidazole rings is 1. The normalized spacial score (nSPS) is 11.4. The smallest absolute Gasteiger partial charge is 0.329 e. The largest absolute Gasteiger partial charge is 0.458 e. The molecule has 0 saturated heterocycles. The molecule has 1 atom stereocenters. The summed E-state index contributed by atoms with van der Waals surface area (Å²) in [6.45, 7) is 8.07. The third-order valence-electron chi connectivity index (χ3n) is 3.42. The topological polar surface area (TPSA) is 143 Å². The zero-order chi connectivity index (χ0) is 22.6. The lowest BCUT2D eigenvalue weighted by molar-refractivity contribution is -0.158. The zero-order valence-electron chi connectivity index (χ0n) is 17.9. The first-order chi connectivity index (χ1) is 13.4. The molecule has 0 saturated carbocycles. The number of carbonyl (C=O) groups excluding carboxylic acids is 4. The number of Topliss-reactive ketones (excluding diaryl/α,β-unsaturated/α-hetero) is 1. The van der Waals surface area contributed by atoms with Gasteiger partial charge in [-0.25, -0.2) is 9.78 Å². The Labute approximate surface area is 170 Å². The average molecular weight is 409 g/mol. The van der Waals surface area contributed by atoms with Crippen LogP contribution in [0.3, 0.4) is 0 Å². The van der Waals surface area contributed by atoms with E-state index in [2.05, 4.69) is 15.6 Å². The van der Waals surface area contributed by atoms with Crippen molar-refractivity contribution in [3.8, 4) is 0 Å². The molecule has 29 heavy (non-hydrogen) atoms. The minimum atomic E-state index is -1.01. The quantitative estimate of drug-likeness (QED) is 0.425. The highest BCUT2D eigenvalue weighted by Crippen LogP contribution is 2.11. The van der Waals surface area contributed by atoms with Gasteiger partial charge in [0.05, 0.1) is 19.1 Å². The van der Waals surface area contributed by atoms with E-state index in [-0.39, 0.29) is 25.3 Å². The molecule has 0 fully saturated rings. The third kappa shape index (κ3) is 12.9. The number of carbonyl (C=O) groups is 4. The molecule has 1 aromatic rings. The van der Waals surface area contributed by atoms with E-state index >= 15 is 0 Å². The van der Waals surface area contributed by atoms with Crippen LogP contribution in [-0.4, -0.2) is 57.5 Å². The number of rotatable bonds is 8. The van der Waals surface area contributed by atoms with Gasteiger partial charge in [-0.3, -0.25) is 14.4 Å². The highest BCUT2D eigenvalue weighted by Gasteiger charge is 2.27. The van der Waals surface area contributed by atoms with Gasteiger partial charge in [-0.05, 0) is 34.1 Å². The van der Waals surface area contributed by atoms with Gasteiger partial charge in [0.2, 0.25) is 11.8 Å². The number of amides is 2. The molecule has 0 radical (unpaired) electrons. The highest BCUT2D eigenvalue weighted by atomic mass is 16.6. The van der Waals surface area contributed by atoms with Gasteiger partial charge in [0, 0.05) is 32.3 Å². The third-order valence-corrected chi connectivity index (χ3v) is 3.42. The maximum absolute atomic E-state index is 12.0. The van der Waals surface area contributed by atoms with Crippen molar-refractivity contribution < 1.29 is 23.9 Å². The van der Waals surface area contributed by atoms with E-state index in [1.54, 1.807) is 27.1 Å². The van der Waals surface area contributed by atoms with E-state index in [9.17, 15) is 19.2 Å². The highest BCUT2D eigenvalue weighted by molar-refractivity contribution is 6.26. The molecule has 0 spiro atoms. The van der Waals surface area contributed by atoms with E-state index in [0.29, 0.717) is 6.21 Å². The Morgan fingerprint density at radius 3 is 2.31 bits per heavy atom. The molecular formula is C19H31N5O5. The van der Waals surface area contributed by atoms with Crippen LogP contribution >= 0.6 is 0 Å². The van der Waals surface area contributed by atoms with E-state index in [0.717, 1.165) is 0 Å². The number of hydrogen-bond acceptors (Lipinski definition) is 7. The Hall–Kier alpha value is -3.04. The fraction of sp³-hybridized carbons (Fsp3) is 0.579. The second kappa shape index (κ2) is 12.4. The second-order valence-corrected chi connectivity index (χ2v) is 7.36. The van der Waals surface area contributed by atoms with Crippen molar-refractivity contribution in [3.05, 3.63) is 18.2 Å². The number of hydrogen-bond donors (Lipinski definition) is 3. The van der Waals surface area contributed by atoms with Gasteiger partial charge in [-0.1, -0.05) is 0 Å². The number of aromatic nitrogens is 2. The first kappa shape index (κ1) is 26.0. The summed E-state index contributed by atoms with van der Waals surface area (Å²) in [6, 6.07) is -1.01. The van der Waals surface area contributed by atoms with Crippen molar-refractivity contribution in [2.24, 2.45) is 7.05 Å². The number of nitrogens with one attached hydrogen (secondary N) is 3. The maximum atomic E-state index is 12.0. The summed E-state index contributed by atoms with van der Waals surface area (Å²) in [5, 5.41) is 11.6. The molecule has 3 N–H and O–H groups in total. The van der Waals surface area contributed by atoms with E-state index in [4.69, 9.17) is 10.1 Å². The van der Waals surface area contributed by atoms with Gasteiger partial charge in [0.1, 0.15) is 11.6 Å². The standard InChI is InChI=1S/C14H23N3O5.C5H8N2/c1-9(18)16-8-12(20)17-11(6-5-10(19)7-15)13(21)22-14(2,3)4;1-5-3-6-4-7(5)2/h7,11,15H,5-6,8H2,1-4H3,(H,16,18)(H,17,20);3-4H,1-2H3. The molecule has 0 aliphatic rings. The number of ether oxygens (including phenoxy) is 1. The summed E-state index contributed by atoms with van der Waals surface area (Å²) >= 11 is 0. The molecule has 10 heteroatoms. The van der Waals surface area contributed by atoms with Crippen molar-refractivity contribution in [2.75, 3.05) is 6.54 Å². The molecular weight excluding hydrogens is 378 g/mol. The van der Waals surface area contributed by atoms with Gasteiger partial charge in [-0.15, -0.1) is 0 Å². The zero-order valence-corrected chi connectivity index (χ0v) is 17.9. The summed E-state index contributed by atoms with van der Waals surface area (Å²) < 4.78 is 7.16. The lowest BCUT2D eigenvalue weighted by Crippen LogP contribution is -2.47. The Morgan fingerprint density at radius 2 is 1.93 bits per heavy atom. The van der Waals surface area contributed by atoms with Crippen molar-refractivity contribution in [1.82, 2.24) is 20.2 Å². The van der Waals surface area contributed by atoms with Crippen LogP contribution in [0.5, 0.6) is 0 Å². The molecule has 2 amide bonds. The molecule has 0 aromatic carbocycles. The summed E-state index contributed by atoms with van der Waals surface area (Å²) in [4.78, 5) is 49.5. The second-order valence-electron chi connectivity index (χ2n) is 7.36. The van der Waals surface area contributed by atoms with Crippen LogP contribution in [0.15, 0.2) is 12.5 Å². The van der Waals surface area contributed by atoms with Crippen molar-refractivity contribution in [3.63, 3.8) is 0 Å². The van der Waals surface area contributed by atoms with Crippen molar-refractivity contribution in [2.45, 2.75) is 59.1 Å². The predicted molar refractivity (Wildman–Crippen MR) is 107 cm³/mol. The predicted octanol–water partition coefficient (Wildman–Crippen LogP) is 0.676. The molecule has 1 rings (SSSR count). The minimum Gasteiger partial charge on any atom is -0.458 e. The molecule has 162 valence electrons. The summed E-state index contributed by atoms with van der Waals surface area (Å²) in [6.07, 6.45) is 4.24.